The Hall–Kier alpha value is -2.49. The van der Waals surface area contributed by atoms with Gasteiger partial charge in [0.2, 0.25) is 0 Å². The number of carbonyl (C=O) groups excluding carboxylic acids is 3. The summed E-state index contributed by atoms with van der Waals surface area (Å²) in [4.78, 5) is 37.3. The van der Waals surface area contributed by atoms with Crippen LogP contribution >= 0.6 is 0 Å². The summed E-state index contributed by atoms with van der Waals surface area (Å²) < 4.78 is 23.5. The number of unbranched alkanes of at least 4 members (excludes halogenated alkanes) is 18. The SMILES string of the molecule is CCCCCCCCCCCCC(=O)OCC(Cn1cc(CCC(=O)OCCOC(C)C)nn1)OC(=O)CCCCCCCCCCCC. The summed E-state index contributed by atoms with van der Waals surface area (Å²) in [6, 6.07) is 0. The third kappa shape index (κ3) is 28.0. The summed E-state index contributed by atoms with van der Waals surface area (Å²) in [6.07, 6.45) is 26.3. The van der Waals surface area contributed by atoms with Gasteiger partial charge in [-0.2, -0.15) is 0 Å². The first-order valence-electron chi connectivity index (χ1n) is 19.8. The van der Waals surface area contributed by atoms with Gasteiger partial charge in [0.05, 0.1) is 31.4 Å². The number of hydrogen-bond donors (Lipinski definition) is 0. The first-order chi connectivity index (χ1) is 23.8. The Morgan fingerprint density at radius 3 is 1.65 bits per heavy atom. The van der Waals surface area contributed by atoms with E-state index in [9.17, 15) is 14.4 Å². The fourth-order valence-electron chi connectivity index (χ4n) is 5.63. The zero-order valence-corrected chi connectivity index (χ0v) is 31.7. The topological polar surface area (TPSA) is 119 Å². The lowest BCUT2D eigenvalue weighted by atomic mass is 10.1. The second kappa shape index (κ2) is 31.5. The monoisotopic (exact) mass is 694 g/mol. The summed E-state index contributed by atoms with van der Waals surface area (Å²) in [5, 5.41) is 8.32. The molecule has 1 unspecified atom stereocenters. The van der Waals surface area contributed by atoms with E-state index in [1.165, 1.54) is 89.9 Å². The molecule has 0 aromatic carbocycles. The van der Waals surface area contributed by atoms with Crippen LogP contribution in [-0.4, -0.2) is 64.9 Å². The minimum absolute atomic E-state index is 0.0274. The highest BCUT2D eigenvalue weighted by atomic mass is 16.6. The highest BCUT2D eigenvalue weighted by Gasteiger charge is 2.19. The second-order valence-electron chi connectivity index (χ2n) is 13.7. The van der Waals surface area contributed by atoms with E-state index in [-0.39, 0.29) is 50.2 Å². The van der Waals surface area contributed by atoms with Crippen molar-refractivity contribution in [3.8, 4) is 0 Å². The lowest BCUT2D eigenvalue weighted by Crippen LogP contribution is -2.30. The van der Waals surface area contributed by atoms with Crippen molar-refractivity contribution in [3.05, 3.63) is 11.9 Å². The van der Waals surface area contributed by atoms with Crippen LogP contribution in [0, 0.1) is 0 Å². The van der Waals surface area contributed by atoms with Gasteiger partial charge >= 0.3 is 17.9 Å². The Bertz CT molecular complexity index is 953. The molecule has 0 bridgehead atoms. The molecule has 1 atom stereocenters. The van der Waals surface area contributed by atoms with E-state index < -0.39 is 6.10 Å². The van der Waals surface area contributed by atoms with Gasteiger partial charge in [-0.3, -0.25) is 14.4 Å². The molecule has 284 valence electrons. The highest BCUT2D eigenvalue weighted by molar-refractivity contribution is 5.70. The summed E-state index contributed by atoms with van der Waals surface area (Å²) in [7, 11) is 0. The van der Waals surface area contributed by atoms with E-state index in [1.807, 2.05) is 13.8 Å². The fraction of sp³-hybridized carbons (Fsp3) is 0.872. The van der Waals surface area contributed by atoms with Crippen LogP contribution in [0.15, 0.2) is 6.20 Å². The third-order valence-corrected chi connectivity index (χ3v) is 8.56. The molecule has 1 aromatic rings. The Morgan fingerprint density at radius 2 is 1.12 bits per heavy atom. The van der Waals surface area contributed by atoms with Gasteiger partial charge in [0.1, 0.15) is 13.2 Å². The lowest BCUT2D eigenvalue weighted by Gasteiger charge is -2.18. The number of rotatable bonds is 34. The van der Waals surface area contributed by atoms with Crippen LogP contribution in [0.4, 0.5) is 0 Å². The zero-order chi connectivity index (χ0) is 35.8. The molecule has 0 fully saturated rings. The summed E-state index contributed by atoms with van der Waals surface area (Å²) in [5.74, 6) is -0.887. The van der Waals surface area contributed by atoms with Crippen LogP contribution < -0.4 is 0 Å². The standard InChI is InChI=1S/C39H71N3O7/c1-5-7-9-11-13-15-17-19-21-23-25-37(43)48-33-36(49-39(45)26-24-22-20-18-16-14-12-10-8-6-2)32-42-31-35(40-41-42)27-28-38(44)47-30-29-46-34(3)4/h31,34,36H,5-30,32-33H2,1-4H3. The number of nitrogens with zero attached hydrogens (tertiary/aromatic N) is 3. The van der Waals surface area contributed by atoms with E-state index in [1.54, 1.807) is 10.9 Å². The van der Waals surface area contributed by atoms with Crippen LogP contribution in [0.5, 0.6) is 0 Å². The van der Waals surface area contributed by atoms with Crippen LogP contribution in [0.2, 0.25) is 0 Å². The average molecular weight is 694 g/mol. The Labute approximate surface area is 298 Å². The van der Waals surface area contributed by atoms with E-state index in [4.69, 9.17) is 18.9 Å². The maximum atomic E-state index is 12.8. The van der Waals surface area contributed by atoms with Crippen LogP contribution in [0.25, 0.3) is 0 Å². The van der Waals surface area contributed by atoms with Crippen molar-refractivity contribution in [2.75, 3.05) is 19.8 Å². The minimum atomic E-state index is -0.673. The summed E-state index contributed by atoms with van der Waals surface area (Å²) >= 11 is 0. The van der Waals surface area contributed by atoms with Crippen molar-refractivity contribution < 1.29 is 33.3 Å². The predicted molar refractivity (Wildman–Crippen MR) is 194 cm³/mol. The van der Waals surface area contributed by atoms with Gasteiger partial charge in [-0.1, -0.05) is 135 Å². The summed E-state index contributed by atoms with van der Waals surface area (Å²) in [5.41, 5.74) is 0.628. The van der Waals surface area contributed by atoms with Crippen LogP contribution in [0.1, 0.15) is 181 Å². The number of aryl methyl sites for hydroxylation is 1. The number of hydrogen-bond acceptors (Lipinski definition) is 9. The van der Waals surface area contributed by atoms with Gasteiger partial charge in [-0.15, -0.1) is 5.10 Å². The van der Waals surface area contributed by atoms with Crippen molar-refractivity contribution in [2.45, 2.75) is 201 Å². The summed E-state index contributed by atoms with van der Waals surface area (Å²) in [6.45, 7) is 9.09. The van der Waals surface area contributed by atoms with Crippen molar-refractivity contribution in [1.29, 1.82) is 0 Å². The number of esters is 3. The molecule has 49 heavy (non-hydrogen) atoms. The maximum absolute atomic E-state index is 12.8. The molecule has 10 heteroatoms. The maximum Gasteiger partial charge on any atom is 0.306 e. The highest BCUT2D eigenvalue weighted by Crippen LogP contribution is 2.14. The smallest absolute Gasteiger partial charge is 0.306 e. The molecule has 0 N–H and O–H groups in total. The minimum Gasteiger partial charge on any atom is -0.463 e. The van der Waals surface area contributed by atoms with Crippen LogP contribution in [0.3, 0.4) is 0 Å². The van der Waals surface area contributed by atoms with E-state index in [2.05, 4.69) is 24.2 Å². The molecule has 0 saturated carbocycles. The molecule has 1 heterocycles. The van der Waals surface area contributed by atoms with E-state index in [0.717, 1.165) is 38.5 Å². The molecular formula is C39H71N3O7. The van der Waals surface area contributed by atoms with Crippen molar-refractivity contribution in [1.82, 2.24) is 15.0 Å². The normalized spacial score (nSPS) is 11.9. The molecule has 0 aliphatic heterocycles. The molecule has 1 aromatic heterocycles. The molecule has 0 spiro atoms. The predicted octanol–water partition coefficient (Wildman–Crippen LogP) is 9.26. The van der Waals surface area contributed by atoms with E-state index >= 15 is 0 Å². The Morgan fingerprint density at radius 1 is 0.633 bits per heavy atom. The average Bonchev–Trinajstić information content (AvgIpc) is 3.53. The number of aromatic nitrogens is 3. The molecule has 0 aliphatic carbocycles. The van der Waals surface area contributed by atoms with Gasteiger partial charge < -0.3 is 18.9 Å². The molecule has 0 amide bonds. The molecule has 1 rings (SSSR count). The zero-order valence-electron chi connectivity index (χ0n) is 31.7. The first kappa shape index (κ1) is 44.5. The lowest BCUT2D eigenvalue weighted by molar-refractivity contribution is -0.160. The van der Waals surface area contributed by atoms with Crippen molar-refractivity contribution in [3.63, 3.8) is 0 Å². The largest absolute Gasteiger partial charge is 0.463 e. The molecule has 0 saturated heterocycles. The Kier molecular flexibility index (Phi) is 28.6. The molecule has 0 radical (unpaired) electrons. The first-order valence-corrected chi connectivity index (χ1v) is 19.8. The van der Waals surface area contributed by atoms with E-state index in [0.29, 0.717) is 31.6 Å². The molecular weight excluding hydrogens is 622 g/mol. The second-order valence-corrected chi connectivity index (χ2v) is 13.7. The van der Waals surface area contributed by atoms with Gasteiger partial charge in [-0.25, -0.2) is 4.68 Å². The number of ether oxygens (including phenoxy) is 4. The van der Waals surface area contributed by atoms with Gasteiger partial charge in [0.25, 0.3) is 0 Å². The molecule has 0 aliphatic rings. The quantitative estimate of drug-likeness (QED) is 0.0395. The van der Waals surface area contributed by atoms with Crippen molar-refractivity contribution in [2.24, 2.45) is 0 Å². The third-order valence-electron chi connectivity index (χ3n) is 8.56. The fourth-order valence-corrected chi connectivity index (χ4v) is 5.63. The van der Waals surface area contributed by atoms with Gasteiger partial charge in [0, 0.05) is 25.5 Å². The number of carbonyl (C=O) groups is 3. The van der Waals surface area contributed by atoms with Gasteiger partial charge in [-0.05, 0) is 26.7 Å². The van der Waals surface area contributed by atoms with Gasteiger partial charge in [0.15, 0.2) is 6.10 Å². The molecule has 10 nitrogen and oxygen atoms in total. The van der Waals surface area contributed by atoms with Crippen molar-refractivity contribution >= 4 is 17.9 Å². The Balaban J connectivity index is 2.47. The van der Waals surface area contributed by atoms with Crippen LogP contribution in [-0.2, 0) is 46.3 Å².